The Hall–Kier alpha value is -1.81. The number of hydrogen-bond acceptors (Lipinski definition) is 2. The summed E-state index contributed by atoms with van der Waals surface area (Å²) >= 11 is 0. The fourth-order valence-corrected chi connectivity index (χ4v) is 2.34. The second-order valence-corrected chi connectivity index (χ2v) is 5.13. The Bertz CT molecular complexity index is 535. The lowest BCUT2D eigenvalue weighted by Gasteiger charge is -2.07. The fourth-order valence-electron chi connectivity index (χ4n) is 1.49. The topological polar surface area (TPSA) is 38.3 Å². The first kappa shape index (κ1) is 12.6. The van der Waals surface area contributed by atoms with Gasteiger partial charge < -0.3 is 9.46 Å². The van der Waals surface area contributed by atoms with E-state index < -0.39 is 11.0 Å². The molecule has 0 saturated carbocycles. The monoisotopic (exact) mass is 261 g/mol. The molecule has 0 bridgehead atoms. The first-order valence-electron chi connectivity index (χ1n) is 5.58. The van der Waals surface area contributed by atoms with E-state index in [-0.39, 0.29) is 0 Å². The van der Waals surface area contributed by atoms with Gasteiger partial charge in [-0.3, -0.25) is 0 Å². The van der Waals surface area contributed by atoms with Crippen molar-refractivity contribution in [1.82, 2.24) is 0 Å². The third-order valence-electron chi connectivity index (χ3n) is 2.54. The molecule has 0 aromatic heterocycles. The van der Waals surface area contributed by atoms with E-state index >= 15 is 0 Å². The molecular formula is C14H15NO2S. The van der Waals surface area contributed by atoms with Crippen molar-refractivity contribution < 1.29 is 8.95 Å². The fraction of sp³-hybridized carbons (Fsp3) is 0.143. The smallest absolute Gasteiger partial charge is 0.150 e. The van der Waals surface area contributed by atoms with Crippen LogP contribution in [0.5, 0.6) is 5.75 Å². The van der Waals surface area contributed by atoms with Gasteiger partial charge in [-0.2, -0.15) is 0 Å². The zero-order chi connectivity index (χ0) is 13.0. The standard InChI is InChI=1S/C14H15NO2S/c1-11-3-9-14(10-4-11)18(16)15-12-5-7-13(17-2)8-6-12/h3-10,15H,1-2H3/t18-/m0/s1. The van der Waals surface area contributed by atoms with Gasteiger partial charge >= 0.3 is 0 Å². The lowest BCUT2D eigenvalue weighted by molar-refractivity contribution is 0.415. The summed E-state index contributed by atoms with van der Waals surface area (Å²) in [5.41, 5.74) is 1.95. The van der Waals surface area contributed by atoms with Crippen LogP contribution in [-0.4, -0.2) is 11.3 Å². The molecule has 2 rings (SSSR count). The van der Waals surface area contributed by atoms with E-state index in [1.54, 1.807) is 7.11 Å². The number of anilines is 1. The molecule has 0 aliphatic rings. The first-order chi connectivity index (χ1) is 8.69. The predicted octanol–water partition coefficient (Wildman–Crippen LogP) is 3.14. The number of ether oxygens (including phenoxy) is 1. The summed E-state index contributed by atoms with van der Waals surface area (Å²) in [4.78, 5) is 0.761. The zero-order valence-electron chi connectivity index (χ0n) is 10.3. The molecule has 0 radical (unpaired) electrons. The van der Waals surface area contributed by atoms with Gasteiger partial charge in [0.1, 0.15) is 16.7 Å². The highest BCUT2D eigenvalue weighted by Gasteiger charge is 2.03. The van der Waals surface area contributed by atoms with Gasteiger partial charge in [-0.25, -0.2) is 4.21 Å². The molecule has 18 heavy (non-hydrogen) atoms. The molecule has 0 unspecified atom stereocenters. The molecule has 0 heterocycles. The minimum Gasteiger partial charge on any atom is -0.497 e. The van der Waals surface area contributed by atoms with Crippen LogP contribution in [0, 0.1) is 6.92 Å². The Morgan fingerprint density at radius 3 is 2.17 bits per heavy atom. The van der Waals surface area contributed by atoms with E-state index in [4.69, 9.17) is 4.74 Å². The summed E-state index contributed by atoms with van der Waals surface area (Å²) in [5, 5.41) is 0. The average Bonchev–Trinajstić information content (AvgIpc) is 2.40. The molecule has 0 aliphatic carbocycles. The van der Waals surface area contributed by atoms with Crippen LogP contribution < -0.4 is 9.46 Å². The largest absolute Gasteiger partial charge is 0.497 e. The third kappa shape index (κ3) is 3.11. The molecule has 2 aromatic rings. The predicted molar refractivity (Wildman–Crippen MR) is 74.2 cm³/mol. The van der Waals surface area contributed by atoms with Crippen LogP contribution in [0.15, 0.2) is 53.4 Å². The summed E-state index contributed by atoms with van der Waals surface area (Å²) in [7, 11) is 0.376. The average molecular weight is 261 g/mol. The molecule has 0 aliphatic heterocycles. The molecule has 0 fully saturated rings. The summed E-state index contributed by atoms with van der Waals surface area (Å²) in [6.07, 6.45) is 0. The van der Waals surface area contributed by atoms with Crippen molar-refractivity contribution in [3.63, 3.8) is 0 Å². The van der Waals surface area contributed by atoms with Gasteiger partial charge in [0.2, 0.25) is 0 Å². The highest BCUT2D eigenvalue weighted by molar-refractivity contribution is 7.86. The molecule has 0 amide bonds. The van der Waals surface area contributed by atoms with E-state index in [9.17, 15) is 4.21 Å². The van der Waals surface area contributed by atoms with Crippen molar-refractivity contribution in [3.05, 3.63) is 54.1 Å². The molecular weight excluding hydrogens is 246 g/mol. The van der Waals surface area contributed by atoms with Crippen LogP contribution in [0.25, 0.3) is 0 Å². The van der Waals surface area contributed by atoms with Crippen molar-refractivity contribution >= 4 is 16.7 Å². The lowest BCUT2D eigenvalue weighted by Crippen LogP contribution is -2.04. The molecule has 3 nitrogen and oxygen atoms in total. The van der Waals surface area contributed by atoms with Gasteiger partial charge in [0.05, 0.1) is 12.0 Å². The van der Waals surface area contributed by atoms with Gasteiger partial charge in [-0.05, 0) is 43.3 Å². The second kappa shape index (κ2) is 5.69. The number of rotatable bonds is 4. The Balaban J connectivity index is 2.08. The molecule has 0 saturated heterocycles. The van der Waals surface area contributed by atoms with E-state index in [1.165, 1.54) is 0 Å². The van der Waals surface area contributed by atoms with Crippen molar-refractivity contribution in [1.29, 1.82) is 0 Å². The summed E-state index contributed by atoms with van der Waals surface area (Å²) in [6, 6.07) is 15.0. The van der Waals surface area contributed by atoms with E-state index in [0.717, 1.165) is 21.9 Å². The zero-order valence-corrected chi connectivity index (χ0v) is 11.2. The SMILES string of the molecule is COc1ccc(N[S@@](=O)c2ccc(C)cc2)cc1. The lowest BCUT2D eigenvalue weighted by atomic mass is 10.2. The Kier molecular flexibility index (Phi) is 3.99. The normalized spacial score (nSPS) is 11.9. The maximum absolute atomic E-state index is 12.0. The molecule has 4 heteroatoms. The maximum atomic E-state index is 12.0. The van der Waals surface area contributed by atoms with E-state index in [0.29, 0.717) is 0 Å². The van der Waals surface area contributed by atoms with Crippen LogP contribution >= 0.6 is 0 Å². The number of methoxy groups -OCH3 is 1. The van der Waals surface area contributed by atoms with Gasteiger partial charge in [-0.1, -0.05) is 17.7 Å². The van der Waals surface area contributed by atoms with Crippen LogP contribution in [0.4, 0.5) is 5.69 Å². The highest BCUT2D eigenvalue weighted by atomic mass is 32.2. The van der Waals surface area contributed by atoms with Crippen LogP contribution in [0.3, 0.4) is 0 Å². The summed E-state index contributed by atoms with van der Waals surface area (Å²) in [6.45, 7) is 2.00. The van der Waals surface area contributed by atoms with Crippen LogP contribution in [-0.2, 0) is 11.0 Å². The quantitative estimate of drug-likeness (QED) is 0.918. The van der Waals surface area contributed by atoms with Gasteiger partial charge in [0.15, 0.2) is 0 Å². The molecule has 1 atom stereocenters. The minimum atomic E-state index is -1.24. The van der Waals surface area contributed by atoms with Crippen molar-refractivity contribution in [2.45, 2.75) is 11.8 Å². The van der Waals surface area contributed by atoms with Crippen LogP contribution in [0.2, 0.25) is 0 Å². The Morgan fingerprint density at radius 2 is 1.61 bits per heavy atom. The van der Waals surface area contributed by atoms with Gasteiger partial charge in [0.25, 0.3) is 0 Å². The maximum Gasteiger partial charge on any atom is 0.150 e. The van der Waals surface area contributed by atoms with Crippen molar-refractivity contribution in [2.75, 3.05) is 11.8 Å². The molecule has 2 aromatic carbocycles. The Morgan fingerprint density at radius 1 is 1.00 bits per heavy atom. The molecule has 1 N–H and O–H groups in total. The van der Waals surface area contributed by atoms with Crippen molar-refractivity contribution in [2.24, 2.45) is 0 Å². The molecule has 0 spiro atoms. The number of hydrogen-bond donors (Lipinski definition) is 1. The van der Waals surface area contributed by atoms with E-state index in [1.807, 2.05) is 55.5 Å². The first-order valence-corrected chi connectivity index (χ1v) is 6.73. The van der Waals surface area contributed by atoms with Gasteiger partial charge in [-0.15, -0.1) is 0 Å². The highest BCUT2D eigenvalue weighted by Crippen LogP contribution is 2.17. The number of nitrogens with one attached hydrogen (secondary N) is 1. The van der Waals surface area contributed by atoms with Crippen molar-refractivity contribution in [3.8, 4) is 5.75 Å². The third-order valence-corrected chi connectivity index (χ3v) is 3.66. The van der Waals surface area contributed by atoms with Crippen LogP contribution in [0.1, 0.15) is 5.56 Å². The van der Waals surface area contributed by atoms with Gasteiger partial charge in [0, 0.05) is 5.69 Å². The van der Waals surface area contributed by atoms with E-state index in [2.05, 4.69) is 4.72 Å². The number of benzene rings is 2. The minimum absolute atomic E-state index is 0.761. The summed E-state index contributed by atoms with van der Waals surface area (Å²) in [5.74, 6) is 0.779. The number of aryl methyl sites for hydroxylation is 1. The second-order valence-electron chi connectivity index (χ2n) is 3.91. The Labute approximate surface area is 109 Å². The molecule has 94 valence electrons. The summed E-state index contributed by atoms with van der Waals surface area (Å²) < 4.78 is 20.1.